The highest BCUT2D eigenvalue weighted by Gasteiger charge is 2.12. The molecule has 2 aromatic carbocycles. The smallest absolute Gasteiger partial charge is 0.258 e. The van der Waals surface area contributed by atoms with Gasteiger partial charge in [0.05, 0.1) is 5.56 Å². The first-order valence-corrected chi connectivity index (χ1v) is 9.17. The summed E-state index contributed by atoms with van der Waals surface area (Å²) >= 11 is 7.34. The van der Waals surface area contributed by atoms with E-state index in [0.29, 0.717) is 17.7 Å². The molecular formula is C18H18IN3O2S. The first-order valence-electron chi connectivity index (χ1n) is 7.68. The summed E-state index contributed by atoms with van der Waals surface area (Å²) < 4.78 is 0.848. The summed E-state index contributed by atoms with van der Waals surface area (Å²) in [6.07, 6.45) is 0.404. The number of thiocarbonyl (C=S) groups is 1. The molecule has 2 rings (SSSR count). The number of carbonyl (C=O) groups is 2. The second-order valence-electron chi connectivity index (χ2n) is 5.27. The van der Waals surface area contributed by atoms with Gasteiger partial charge in [0.15, 0.2) is 5.11 Å². The van der Waals surface area contributed by atoms with Crippen LogP contribution < -0.4 is 16.0 Å². The average molecular weight is 467 g/mol. The SMILES string of the molecule is CCC(=O)Nc1cccc(NC(=S)NC(=O)c2ccccc2I)c1C. The van der Waals surface area contributed by atoms with Gasteiger partial charge in [-0.2, -0.15) is 0 Å². The first-order chi connectivity index (χ1) is 11.9. The van der Waals surface area contributed by atoms with Gasteiger partial charge >= 0.3 is 0 Å². The molecule has 2 amide bonds. The summed E-state index contributed by atoms with van der Waals surface area (Å²) in [5, 5.41) is 8.72. The Morgan fingerprint density at radius 1 is 1.04 bits per heavy atom. The lowest BCUT2D eigenvalue weighted by Gasteiger charge is -2.15. The number of amides is 2. The average Bonchev–Trinajstić information content (AvgIpc) is 2.58. The molecule has 3 N–H and O–H groups in total. The van der Waals surface area contributed by atoms with Gasteiger partial charge in [0, 0.05) is 21.4 Å². The lowest BCUT2D eigenvalue weighted by Crippen LogP contribution is -2.34. The van der Waals surface area contributed by atoms with E-state index in [-0.39, 0.29) is 16.9 Å². The van der Waals surface area contributed by atoms with Crippen LogP contribution in [0.15, 0.2) is 42.5 Å². The van der Waals surface area contributed by atoms with Crippen molar-refractivity contribution < 1.29 is 9.59 Å². The Hall–Kier alpha value is -2.00. The fourth-order valence-electron chi connectivity index (χ4n) is 2.11. The monoisotopic (exact) mass is 467 g/mol. The van der Waals surface area contributed by atoms with Crippen molar-refractivity contribution in [1.82, 2.24) is 5.32 Å². The van der Waals surface area contributed by atoms with Crippen molar-refractivity contribution in [3.8, 4) is 0 Å². The molecule has 0 saturated carbocycles. The maximum atomic E-state index is 12.3. The zero-order valence-electron chi connectivity index (χ0n) is 13.9. The summed E-state index contributed by atoms with van der Waals surface area (Å²) in [6, 6.07) is 12.7. The zero-order valence-corrected chi connectivity index (χ0v) is 16.8. The molecule has 5 nitrogen and oxygen atoms in total. The molecule has 7 heteroatoms. The van der Waals surface area contributed by atoms with Crippen molar-refractivity contribution in [2.24, 2.45) is 0 Å². The largest absolute Gasteiger partial charge is 0.332 e. The van der Waals surface area contributed by atoms with E-state index in [1.54, 1.807) is 19.1 Å². The molecule has 0 aliphatic rings. The van der Waals surface area contributed by atoms with Gasteiger partial charge in [0.1, 0.15) is 0 Å². The number of nitrogens with one attached hydrogen (secondary N) is 3. The van der Waals surface area contributed by atoms with Crippen LogP contribution in [0.4, 0.5) is 11.4 Å². The highest BCUT2D eigenvalue weighted by Crippen LogP contribution is 2.23. The van der Waals surface area contributed by atoms with Crippen molar-refractivity contribution in [3.05, 3.63) is 57.2 Å². The van der Waals surface area contributed by atoms with E-state index in [0.717, 1.165) is 14.8 Å². The third-order valence-electron chi connectivity index (χ3n) is 3.52. The van der Waals surface area contributed by atoms with Crippen LogP contribution in [-0.4, -0.2) is 16.9 Å². The molecule has 0 spiro atoms. The van der Waals surface area contributed by atoms with E-state index < -0.39 is 0 Å². The Balaban J connectivity index is 2.08. The third kappa shape index (κ3) is 5.23. The maximum absolute atomic E-state index is 12.3. The van der Waals surface area contributed by atoms with Gasteiger partial charge in [-0.3, -0.25) is 14.9 Å². The molecular weight excluding hydrogens is 449 g/mol. The van der Waals surface area contributed by atoms with Crippen LogP contribution in [0.5, 0.6) is 0 Å². The maximum Gasteiger partial charge on any atom is 0.258 e. The molecule has 0 aromatic heterocycles. The van der Waals surface area contributed by atoms with Crippen LogP contribution in [0.2, 0.25) is 0 Å². The molecule has 0 aliphatic heterocycles. The van der Waals surface area contributed by atoms with E-state index >= 15 is 0 Å². The summed E-state index contributed by atoms with van der Waals surface area (Å²) in [4.78, 5) is 23.9. The van der Waals surface area contributed by atoms with Crippen LogP contribution in [0.25, 0.3) is 0 Å². The Morgan fingerprint density at radius 3 is 2.32 bits per heavy atom. The normalized spacial score (nSPS) is 10.0. The topological polar surface area (TPSA) is 70.2 Å². The van der Waals surface area contributed by atoms with Gasteiger partial charge in [-0.15, -0.1) is 0 Å². The molecule has 0 unspecified atom stereocenters. The summed E-state index contributed by atoms with van der Waals surface area (Å²) in [5.41, 5.74) is 2.84. The van der Waals surface area contributed by atoms with E-state index in [4.69, 9.17) is 12.2 Å². The predicted molar refractivity (Wildman–Crippen MR) is 113 cm³/mol. The van der Waals surface area contributed by atoms with Crippen LogP contribution in [0.1, 0.15) is 29.3 Å². The molecule has 0 radical (unpaired) electrons. The van der Waals surface area contributed by atoms with Crippen LogP contribution in [-0.2, 0) is 4.79 Å². The van der Waals surface area contributed by atoms with Crippen molar-refractivity contribution in [3.63, 3.8) is 0 Å². The first kappa shape index (κ1) is 19.3. The molecule has 0 fully saturated rings. The number of hydrogen-bond acceptors (Lipinski definition) is 3. The van der Waals surface area contributed by atoms with Gasteiger partial charge in [-0.25, -0.2) is 0 Å². The molecule has 0 bridgehead atoms. The highest BCUT2D eigenvalue weighted by molar-refractivity contribution is 14.1. The van der Waals surface area contributed by atoms with Crippen molar-refractivity contribution >= 4 is 63.1 Å². The fourth-order valence-corrected chi connectivity index (χ4v) is 2.95. The number of hydrogen-bond donors (Lipinski definition) is 3. The second kappa shape index (κ2) is 8.91. The Bertz CT molecular complexity index is 824. The van der Waals surface area contributed by atoms with Crippen molar-refractivity contribution in [2.45, 2.75) is 20.3 Å². The summed E-state index contributed by atoms with van der Waals surface area (Å²) in [7, 11) is 0. The second-order valence-corrected chi connectivity index (χ2v) is 6.84. The quantitative estimate of drug-likeness (QED) is 0.469. The molecule has 2 aromatic rings. The van der Waals surface area contributed by atoms with Crippen LogP contribution in [0, 0.1) is 10.5 Å². The predicted octanol–water partition coefficient (Wildman–Crippen LogP) is 4.07. The highest BCUT2D eigenvalue weighted by atomic mass is 127. The summed E-state index contributed by atoms with van der Waals surface area (Å²) in [5.74, 6) is -0.328. The Labute approximate surface area is 165 Å². The number of carbonyl (C=O) groups excluding carboxylic acids is 2. The van der Waals surface area contributed by atoms with E-state index in [1.165, 1.54) is 0 Å². The minimum Gasteiger partial charge on any atom is -0.332 e. The number of halogens is 1. The lowest BCUT2D eigenvalue weighted by atomic mass is 10.1. The van der Waals surface area contributed by atoms with Crippen molar-refractivity contribution in [1.29, 1.82) is 0 Å². The fraction of sp³-hybridized carbons (Fsp3) is 0.167. The molecule has 0 heterocycles. The Morgan fingerprint density at radius 2 is 1.68 bits per heavy atom. The minimum atomic E-state index is -0.268. The van der Waals surface area contributed by atoms with Crippen molar-refractivity contribution in [2.75, 3.05) is 10.6 Å². The number of benzene rings is 2. The van der Waals surface area contributed by atoms with Crippen LogP contribution in [0.3, 0.4) is 0 Å². The Kier molecular flexibility index (Phi) is 6.89. The molecule has 130 valence electrons. The zero-order chi connectivity index (χ0) is 18.4. The van der Waals surface area contributed by atoms with E-state index in [9.17, 15) is 9.59 Å². The van der Waals surface area contributed by atoms with Gasteiger partial charge in [0.2, 0.25) is 5.91 Å². The number of rotatable bonds is 4. The molecule has 0 saturated heterocycles. The number of anilines is 2. The van der Waals surface area contributed by atoms with Gasteiger partial charge in [-0.1, -0.05) is 25.1 Å². The third-order valence-corrected chi connectivity index (χ3v) is 4.67. The van der Waals surface area contributed by atoms with E-state index in [2.05, 4.69) is 38.5 Å². The molecule has 0 atom stereocenters. The van der Waals surface area contributed by atoms with Gasteiger partial charge < -0.3 is 10.6 Å². The standard InChI is InChI=1S/C18H18IN3O2S/c1-3-16(23)20-14-9-6-10-15(11(14)2)21-18(25)22-17(24)12-7-4-5-8-13(12)19/h4-10H,3H2,1-2H3,(H,20,23)(H2,21,22,24,25). The van der Waals surface area contributed by atoms with Crippen LogP contribution >= 0.6 is 34.8 Å². The molecule has 0 aliphatic carbocycles. The van der Waals surface area contributed by atoms with Gasteiger partial charge in [-0.05, 0) is 71.6 Å². The van der Waals surface area contributed by atoms with E-state index in [1.807, 2.05) is 37.3 Å². The summed E-state index contributed by atoms with van der Waals surface area (Å²) in [6.45, 7) is 3.67. The minimum absolute atomic E-state index is 0.0604. The lowest BCUT2D eigenvalue weighted by molar-refractivity contribution is -0.115. The van der Waals surface area contributed by atoms with Gasteiger partial charge in [0.25, 0.3) is 5.91 Å². The molecule has 25 heavy (non-hydrogen) atoms.